The summed E-state index contributed by atoms with van der Waals surface area (Å²) in [5.41, 5.74) is 3.83. The molecule has 1 heterocycles. The zero-order chi connectivity index (χ0) is 16.6. The standard InChI is InChI=1S/C20H25F2N/c1-4-8-14-13-20(2,3)15-9-7-11-16(18(14)15)23-12-6-5-10-17(23)19(21)22/h5-7,9-11,14,19H,4,8,12-13H2,1-3H3. The minimum atomic E-state index is -2.45. The Labute approximate surface area is 137 Å². The van der Waals surface area contributed by atoms with Crippen molar-refractivity contribution in [2.45, 2.75) is 57.8 Å². The molecule has 1 aromatic rings. The molecule has 23 heavy (non-hydrogen) atoms. The molecule has 1 atom stereocenters. The molecule has 1 aliphatic heterocycles. The van der Waals surface area contributed by atoms with Crippen LogP contribution in [0.1, 0.15) is 57.1 Å². The van der Waals surface area contributed by atoms with Crippen molar-refractivity contribution in [2.24, 2.45) is 0 Å². The SMILES string of the molecule is CCCC1CC(C)(C)c2cccc(N3CC=CC=C3C(F)F)c21. The molecule has 124 valence electrons. The van der Waals surface area contributed by atoms with Crippen molar-refractivity contribution in [3.63, 3.8) is 0 Å². The van der Waals surface area contributed by atoms with E-state index < -0.39 is 6.43 Å². The normalized spacial score (nSPS) is 22.4. The van der Waals surface area contributed by atoms with Crippen LogP contribution in [0.25, 0.3) is 0 Å². The highest BCUT2D eigenvalue weighted by Gasteiger charge is 2.39. The smallest absolute Gasteiger partial charge is 0.278 e. The van der Waals surface area contributed by atoms with Gasteiger partial charge in [-0.25, -0.2) is 8.78 Å². The lowest BCUT2D eigenvalue weighted by atomic mass is 9.85. The van der Waals surface area contributed by atoms with Gasteiger partial charge in [0, 0.05) is 12.2 Å². The van der Waals surface area contributed by atoms with Crippen molar-refractivity contribution in [3.05, 3.63) is 53.3 Å². The first-order chi connectivity index (χ1) is 11.0. The number of alkyl halides is 2. The fourth-order valence-corrected chi connectivity index (χ4v) is 4.19. The van der Waals surface area contributed by atoms with Crippen LogP contribution in [0.15, 0.2) is 42.1 Å². The van der Waals surface area contributed by atoms with E-state index in [0.717, 1.165) is 24.9 Å². The van der Waals surface area contributed by atoms with Crippen LogP contribution in [0.3, 0.4) is 0 Å². The fraction of sp³-hybridized carbons (Fsp3) is 0.500. The largest absolute Gasteiger partial charge is 0.336 e. The van der Waals surface area contributed by atoms with Crippen molar-refractivity contribution in [1.82, 2.24) is 0 Å². The topological polar surface area (TPSA) is 3.24 Å². The number of benzene rings is 1. The summed E-state index contributed by atoms with van der Waals surface area (Å²) >= 11 is 0. The number of nitrogens with zero attached hydrogens (tertiary/aromatic N) is 1. The van der Waals surface area contributed by atoms with Gasteiger partial charge in [0.2, 0.25) is 0 Å². The number of hydrogen-bond acceptors (Lipinski definition) is 1. The Morgan fingerprint density at radius 2 is 2.09 bits per heavy atom. The number of rotatable bonds is 4. The molecule has 1 nitrogen and oxygen atoms in total. The van der Waals surface area contributed by atoms with E-state index in [-0.39, 0.29) is 11.1 Å². The van der Waals surface area contributed by atoms with Gasteiger partial charge in [-0.2, -0.15) is 0 Å². The van der Waals surface area contributed by atoms with Crippen LogP contribution in [0, 0.1) is 0 Å². The van der Waals surface area contributed by atoms with Crippen LogP contribution in [0.4, 0.5) is 14.5 Å². The van der Waals surface area contributed by atoms with Gasteiger partial charge in [-0.15, -0.1) is 0 Å². The summed E-state index contributed by atoms with van der Waals surface area (Å²) in [6, 6.07) is 6.21. The van der Waals surface area contributed by atoms with Crippen LogP contribution in [0.2, 0.25) is 0 Å². The lowest BCUT2D eigenvalue weighted by molar-refractivity contribution is 0.186. The Morgan fingerprint density at radius 3 is 2.78 bits per heavy atom. The second kappa shape index (κ2) is 6.10. The van der Waals surface area contributed by atoms with Gasteiger partial charge < -0.3 is 4.90 Å². The third-order valence-electron chi connectivity index (χ3n) is 5.13. The van der Waals surface area contributed by atoms with Crippen LogP contribution < -0.4 is 4.90 Å². The van der Waals surface area contributed by atoms with Crippen LogP contribution in [-0.4, -0.2) is 13.0 Å². The molecule has 0 fully saturated rings. The molecule has 1 aromatic carbocycles. The quantitative estimate of drug-likeness (QED) is 0.680. The lowest BCUT2D eigenvalue weighted by Crippen LogP contribution is -2.29. The monoisotopic (exact) mass is 317 g/mol. The van der Waals surface area contributed by atoms with Gasteiger partial charge in [-0.05, 0) is 47.4 Å². The van der Waals surface area contributed by atoms with Gasteiger partial charge in [-0.1, -0.05) is 51.5 Å². The molecule has 0 bridgehead atoms. The van der Waals surface area contributed by atoms with E-state index in [1.54, 1.807) is 17.1 Å². The summed E-state index contributed by atoms with van der Waals surface area (Å²) in [5, 5.41) is 0. The maximum absolute atomic E-state index is 13.5. The molecule has 0 spiro atoms. The molecule has 1 aliphatic carbocycles. The molecule has 0 saturated heterocycles. The second-order valence-corrected chi connectivity index (χ2v) is 7.24. The highest BCUT2D eigenvalue weighted by Crippen LogP contribution is 2.51. The maximum atomic E-state index is 13.5. The van der Waals surface area contributed by atoms with Gasteiger partial charge in [0.15, 0.2) is 0 Å². The maximum Gasteiger partial charge on any atom is 0.278 e. The molecular formula is C20H25F2N. The number of fused-ring (bicyclic) bond motifs is 1. The Bertz CT molecular complexity index is 643. The summed E-state index contributed by atoms with van der Waals surface area (Å²) in [7, 11) is 0. The van der Waals surface area contributed by atoms with E-state index in [4.69, 9.17) is 0 Å². The van der Waals surface area contributed by atoms with Gasteiger partial charge in [0.1, 0.15) is 0 Å². The average molecular weight is 317 g/mol. The minimum Gasteiger partial charge on any atom is -0.336 e. The molecule has 2 aliphatic rings. The number of halogens is 2. The summed E-state index contributed by atoms with van der Waals surface area (Å²) in [6.45, 7) is 7.25. The molecule has 0 radical (unpaired) electrons. The molecule has 0 saturated carbocycles. The van der Waals surface area contributed by atoms with Crippen LogP contribution >= 0.6 is 0 Å². The van der Waals surface area contributed by atoms with E-state index in [0.29, 0.717) is 12.5 Å². The number of hydrogen-bond donors (Lipinski definition) is 0. The second-order valence-electron chi connectivity index (χ2n) is 7.24. The Morgan fingerprint density at radius 1 is 1.30 bits per heavy atom. The van der Waals surface area contributed by atoms with Crippen molar-refractivity contribution >= 4 is 5.69 Å². The van der Waals surface area contributed by atoms with Gasteiger partial charge in [-0.3, -0.25) is 0 Å². The molecule has 3 heteroatoms. The van der Waals surface area contributed by atoms with Crippen molar-refractivity contribution in [3.8, 4) is 0 Å². The summed E-state index contributed by atoms with van der Waals surface area (Å²) in [6.07, 6.45) is 6.11. The predicted molar refractivity (Wildman–Crippen MR) is 92.3 cm³/mol. The van der Waals surface area contributed by atoms with Crippen molar-refractivity contribution in [1.29, 1.82) is 0 Å². The molecule has 0 aromatic heterocycles. The third-order valence-corrected chi connectivity index (χ3v) is 5.13. The molecule has 1 unspecified atom stereocenters. The predicted octanol–water partition coefficient (Wildman–Crippen LogP) is 5.78. The number of anilines is 1. The molecular weight excluding hydrogens is 292 g/mol. The van der Waals surface area contributed by atoms with E-state index >= 15 is 0 Å². The lowest BCUT2D eigenvalue weighted by Gasteiger charge is -2.31. The molecule has 0 amide bonds. The van der Waals surface area contributed by atoms with Crippen molar-refractivity contribution in [2.75, 3.05) is 11.4 Å². The molecule has 0 N–H and O–H groups in total. The Hall–Kier alpha value is -1.64. The average Bonchev–Trinajstić information content (AvgIpc) is 2.79. The minimum absolute atomic E-state index is 0.112. The van der Waals surface area contributed by atoms with E-state index in [9.17, 15) is 8.78 Å². The highest BCUT2D eigenvalue weighted by atomic mass is 19.3. The molecule has 3 rings (SSSR count). The van der Waals surface area contributed by atoms with E-state index in [1.165, 1.54) is 11.1 Å². The third kappa shape index (κ3) is 2.82. The summed E-state index contributed by atoms with van der Waals surface area (Å²) in [5.74, 6) is 0.464. The van der Waals surface area contributed by atoms with Gasteiger partial charge in [0.25, 0.3) is 6.43 Å². The van der Waals surface area contributed by atoms with Crippen molar-refractivity contribution < 1.29 is 8.78 Å². The highest BCUT2D eigenvalue weighted by molar-refractivity contribution is 5.66. The van der Waals surface area contributed by atoms with Crippen LogP contribution in [0.5, 0.6) is 0 Å². The van der Waals surface area contributed by atoms with Gasteiger partial charge in [0.05, 0.1) is 5.70 Å². The fourth-order valence-electron chi connectivity index (χ4n) is 4.19. The summed E-state index contributed by atoms with van der Waals surface area (Å²) in [4.78, 5) is 1.80. The Balaban J connectivity index is 2.10. The zero-order valence-corrected chi connectivity index (χ0v) is 14.2. The van der Waals surface area contributed by atoms with E-state index in [1.807, 2.05) is 18.2 Å². The number of allylic oxidation sites excluding steroid dienone is 3. The first-order valence-electron chi connectivity index (χ1n) is 8.51. The first kappa shape index (κ1) is 16.2. The first-order valence-corrected chi connectivity index (χ1v) is 8.51. The van der Waals surface area contributed by atoms with E-state index in [2.05, 4.69) is 26.8 Å². The van der Waals surface area contributed by atoms with Gasteiger partial charge >= 0.3 is 0 Å². The zero-order valence-electron chi connectivity index (χ0n) is 14.2. The van der Waals surface area contributed by atoms with Crippen LogP contribution in [-0.2, 0) is 5.41 Å². The summed E-state index contributed by atoms with van der Waals surface area (Å²) < 4.78 is 26.9. The Kier molecular flexibility index (Phi) is 4.31.